The summed E-state index contributed by atoms with van der Waals surface area (Å²) in [4.78, 5) is 0.0956. The van der Waals surface area contributed by atoms with Crippen LogP contribution in [0, 0.1) is 5.82 Å². The van der Waals surface area contributed by atoms with Crippen LogP contribution in [0.3, 0.4) is 0 Å². The number of sulfonamides is 1. The minimum absolute atomic E-state index is 0.00619. The van der Waals surface area contributed by atoms with Gasteiger partial charge in [-0.2, -0.15) is 0 Å². The van der Waals surface area contributed by atoms with Crippen LogP contribution in [-0.4, -0.2) is 15.5 Å². The summed E-state index contributed by atoms with van der Waals surface area (Å²) >= 11 is 3.37. The summed E-state index contributed by atoms with van der Waals surface area (Å²) in [5.74, 6) is 0.0245. The first-order valence-corrected chi connectivity index (χ1v) is 10.3. The van der Waals surface area contributed by atoms with Gasteiger partial charge < -0.3 is 4.74 Å². The van der Waals surface area contributed by atoms with Gasteiger partial charge in [0.15, 0.2) is 0 Å². The maximum Gasteiger partial charge on any atom is 0.264 e. The Hall–Kier alpha value is -2.38. The Morgan fingerprint density at radius 1 is 1.00 bits per heavy atom. The van der Waals surface area contributed by atoms with E-state index in [1.807, 2.05) is 6.07 Å². The molecule has 0 radical (unpaired) electrons. The van der Waals surface area contributed by atoms with E-state index in [1.54, 1.807) is 42.5 Å². The van der Waals surface area contributed by atoms with Gasteiger partial charge in [0.2, 0.25) is 0 Å². The summed E-state index contributed by atoms with van der Waals surface area (Å²) in [5.41, 5.74) is 1.01. The lowest BCUT2D eigenvalue weighted by molar-refractivity contribution is 0.413. The van der Waals surface area contributed by atoms with Crippen LogP contribution in [0.4, 0.5) is 10.1 Å². The third-order valence-electron chi connectivity index (χ3n) is 3.94. The maximum atomic E-state index is 13.6. The van der Waals surface area contributed by atoms with E-state index < -0.39 is 15.8 Å². The molecule has 0 bridgehead atoms. The molecule has 140 valence electrons. The Morgan fingerprint density at radius 2 is 1.74 bits per heavy atom. The van der Waals surface area contributed by atoms with Gasteiger partial charge in [-0.1, -0.05) is 40.2 Å². The number of benzene rings is 3. The predicted octanol–water partition coefficient (Wildman–Crippen LogP) is 4.99. The summed E-state index contributed by atoms with van der Waals surface area (Å²) in [6.07, 6.45) is 0. The van der Waals surface area contributed by atoms with Crippen molar-refractivity contribution in [1.29, 1.82) is 0 Å². The Balaban J connectivity index is 2.10. The first-order valence-electron chi connectivity index (χ1n) is 8.07. The number of halogens is 2. The van der Waals surface area contributed by atoms with Crippen LogP contribution in [0.15, 0.2) is 82.2 Å². The normalized spacial score (nSPS) is 11.2. The van der Waals surface area contributed by atoms with Gasteiger partial charge in [0.05, 0.1) is 24.2 Å². The average molecular weight is 450 g/mol. The molecule has 0 unspecified atom stereocenters. The predicted molar refractivity (Wildman–Crippen MR) is 107 cm³/mol. The number of hydrogen-bond donors (Lipinski definition) is 0. The molecule has 0 aromatic heterocycles. The van der Waals surface area contributed by atoms with Crippen molar-refractivity contribution in [2.24, 2.45) is 0 Å². The highest BCUT2D eigenvalue weighted by Crippen LogP contribution is 2.29. The fourth-order valence-electron chi connectivity index (χ4n) is 2.64. The van der Waals surface area contributed by atoms with E-state index in [1.165, 1.54) is 35.7 Å². The second kappa shape index (κ2) is 8.10. The molecule has 4 nitrogen and oxygen atoms in total. The van der Waals surface area contributed by atoms with E-state index in [0.29, 0.717) is 17.0 Å². The molecule has 0 atom stereocenters. The lowest BCUT2D eigenvalue weighted by Gasteiger charge is -2.25. The molecular formula is C20H17BrFNO3S. The van der Waals surface area contributed by atoms with Crippen LogP contribution in [0.5, 0.6) is 5.75 Å². The smallest absolute Gasteiger partial charge is 0.264 e. The first-order chi connectivity index (χ1) is 12.9. The van der Waals surface area contributed by atoms with Crippen molar-refractivity contribution in [2.75, 3.05) is 11.4 Å². The largest absolute Gasteiger partial charge is 0.497 e. The zero-order valence-corrected chi connectivity index (χ0v) is 16.9. The second-order valence-electron chi connectivity index (χ2n) is 5.80. The van der Waals surface area contributed by atoms with E-state index in [-0.39, 0.29) is 11.4 Å². The molecule has 0 saturated heterocycles. The summed E-state index contributed by atoms with van der Waals surface area (Å²) in [7, 11) is -2.43. The van der Waals surface area contributed by atoms with Crippen LogP contribution < -0.4 is 9.04 Å². The highest BCUT2D eigenvalue weighted by atomic mass is 79.9. The second-order valence-corrected chi connectivity index (χ2v) is 8.58. The molecule has 0 aliphatic heterocycles. The molecule has 0 heterocycles. The molecule has 7 heteroatoms. The lowest BCUT2D eigenvalue weighted by atomic mass is 10.2. The standard InChI is InChI=1S/C20H17BrFNO3S/c1-26-19-9-4-10-20(13-19)27(24,25)23(18-8-3-6-16(21)12-18)14-15-5-2-7-17(22)11-15/h2-13H,14H2,1H3. The van der Waals surface area contributed by atoms with Gasteiger partial charge in [-0.25, -0.2) is 12.8 Å². The zero-order valence-electron chi connectivity index (χ0n) is 14.5. The fraction of sp³-hybridized carbons (Fsp3) is 0.100. The lowest BCUT2D eigenvalue weighted by Crippen LogP contribution is -2.30. The van der Waals surface area contributed by atoms with Gasteiger partial charge in [0.25, 0.3) is 10.0 Å². The number of anilines is 1. The highest BCUT2D eigenvalue weighted by Gasteiger charge is 2.26. The van der Waals surface area contributed by atoms with E-state index in [0.717, 1.165) is 4.47 Å². The molecule has 0 N–H and O–H groups in total. The van der Waals surface area contributed by atoms with Crippen LogP contribution >= 0.6 is 15.9 Å². The number of rotatable bonds is 6. The molecule has 0 aliphatic carbocycles. The van der Waals surface area contributed by atoms with E-state index >= 15 is 0 Å². The van der Waals surface area contributed by atoms with Gasteiger partial charge in [-0.15, -0.1) is 0 Å². The van der Waals surface area contributed by atoms with Gasteiger partial charge in [0.1, 0.15) is 11.6 Å². The van der Waals surface area contributed by atoms with Gasteiger partial charge in [0, 0.05) is 10.5 Å². The third-order valence-corrected chi connectivity index (χ3v) is 6.20. The van der Waals surface area contributed by atoms with Crippen LogP contribution in [0.25, 0.3) is 0 Å². The minimum atomic E-state index is -3.90. The molecule has 0 saturated carbocycles. The summed E-state index contributed by atoms with van der Waals surface area (Å²) in [6.45, 7) is -0.00619. The van der Waals surface area contributed by atoms with E-state index in [9.17, 15) is 12.8 Å². The number of ether oxygens (including phenoxy) is 1. The maximum absolute atomic E-state index is 13.6. The molecule has 0 amide bonds. The highest BCUT2D eigenvalue weighted by molar-refractivity contribution is 9.10. The van der Waals surface area contributed by atoms with Crippen molar-refractivity contribution in [3.63, 3.8) is 0 Å². The van der Waals surface area contributed by atoms with Gasteiger partial charge in [-0.3, -0.25) is 4.31 Å². The zero-order chi connectivity index (χ0) is 19.4. The summed E-state index contributed by atoms with van der Waals surface area (Å²) < 4.78 is 47.5. The topological polar surface area (TPSA) is 46.6 Å². The molecule has 27 heavy (non-hydrogen) atoms. The Bertz CT molecular complexity index is 1060. The summed E-state index contributed by atoms with van der Waals surface area (Å²) in [6, 6.07) is 19.1. The van der Waals surface area contributed by atoms with Gasteiger partial charge in [-0.05, 0) is 48.0 Å². The fourth-order valence-corrected chi connectivity index (χ4v) is 4.50. The first kappa shape index (κ1) is 19.4. The molecule has 0 fully saturated rings. The number of methoxy groups -OCH3 is 1. The quantitative estimate of drug-likeness (QED) is 0.532. The van der Waals surface area contributed by atoms with Crippen LogP contribution in [0.1, 0.15) is 5.56 Å². The Morgan fingerprint density at radius 3 is 2.44 bits per heavy atom. The molecular weight excluding hydrogens is 433 g/mol. The minimum Gasteiger partial charge on any atom is -0.497 e. The summed E-state index contributed by atoms with van der Waals surface area (Å²) in [5, 5.41) is 0. The molecule has 3 rings (SSSR count). The van der Waals surface area contributed by atoms with Crippen LogP contribution in [0.2, 0.25) is 0 Å². The van der Waals surface area contributed by atoms with Gasteiger partial charge >= 0.3 is 0 Å². The van der Waals surface area contributed by atoms with Crippen molar-refractivity contribution < 1.29 is 17.5 Å². The number of hydrogen-bond acceptors (Lipinski definition) is 3. The van der Waals surface area contributed by atoms with E-state index in [4.69, 9.17) is 4.74 Å². The molecule has 0 aliphatic rings. The van der Waals surface area contributed by atoms with Crippen molar-refractivity contribution in [1.82, 2.24) is 0 Å². The van der Waals surface area contributed by atoms with Crippen molar-refractivity contribution >= 4 is 31.6 Å². The Labute approximate surface area is 166 Å². The van der Waals surface area contributed by atoms with Crippen LogP contribution in [-0.2, 0) is 16.6 Å². The SMILES string of the molecule is COc1cccc(S(=O)(=O)N(Cc2cccc(F)c2)c2cccc(Br)c2)c1. The average Bonchev–Trinajstić information content (AvgIpc) is 2.66. The Kier molecular flexibility index (Phi) is 5.82. The number of nitrogens with zero attached hydrogens (tertiary/aromatic N) is 1. The van der Waals surface area contributed by atoms with E-state index in [2.05, 4.69) is 15.9 Å². The van der Waals surface area contributed by atoms with Crippen molar-refractivity contribution in [3.05, 3.63) is 88.6 Å². The molecule has 0 spiro atoms. The van der Waals surface area contributed by atoms with Crippen molar-refractivity contribution in [3.8, 4) is 5.75 Å². The van der Waals surface area contributed by atoms with Crippen molar-refractivity contribution in [2.45, 2.75) is 11.4 Å². The third kappa shape index (κ3) is 4.48. The monoisotopic (exact) mass is 449 g/mol. The molecule has 3 aromatic carbocycles. The molecule has 3 aromatic rings.